The molecule has 1 aliphatic heterocycles. The lowest BCUT2D eigenvalue weighted by Gasteiger charge is -2.49. The second kappa shape index (κ2) is 11.7. The Kier molecular flexibility index (Phi) is 7.73. The Morgan fingerprint density at radius 3 is 2.45 bits per heavy atom. The zero-order valence-electron chi connectivity index (χ0n) is 23.5. The van der Waals surface area contributed by atoms with Crippen LogP contribution in [-0.2, 0) is 6.54 Å². The monoisotopic (exact) mass is 538 g/mol. The summed E-state index contributed by atoms with van der Waals surface area (Å²) >= 11 is 0. The van der Waals surface area contributed by atoms with Gasteiger partial charge in [-0.05, 0) is 72.4 Å². The molecule has 0 amide bonds. The van der Waals surface area contributed by atoms with Gasteiger partial charge in [-0.15, -0.1) is 5.10 Å². The van der Waals surface area contributed by atoms with E-state index in [4.69, 9.17) is 4.74 Å². The number of tetrazole rings is 1. The van der Waals surface area contributed by atoms with E-state index in [1.54, 1.807) is 18.5 Å². The van der Waals surface area contributed by atoms with Gasteiger partial charge in [0, 0.05) is 54.9 Å². The number of rotatable bonds is 9. The molecule has 0 unspecified atom stereocenters. The van der Waals surface area contributed by atoms with Gasteiger partial charge in [0.2, 0.25) is 0 Å². The van der Waals surface area contributed by atoms with Gasteiger partial charge in [0.15, 0.2) is 5.82 Å². The van der Waals surface area contributed by atoms with Gasteiger partial charge in [-0.3, -0.25) is 4.90 Å². The largest absolute Gasteiger partial charge is 0.424 e. The fourth-order valence-electron chi connectivity index (χ4n) is 6.32. The molecule has 3 heterocycles. The Morgan fingerprint density at radius 1 is 0.925 bits per heavy atom. The first-order chi connectivity index (χ1) is 19.7. The summed E-state index contributed by atoms with van der Waals surface area (Å²) in [5.74, 6) is 1.37. The van der Waals surface area contributed by atoms with Crippen molar-refractivity contribution in [1.29, 1.82) is 0 Å². The minimum absolute atomic E-state index is 0.253. The van der Waals surface area contributed by atoms with Gasteiger partial charge in [-0.25, -0.2) is 14.6 Å². The molecule has 1 saturated carbocycles. The van der Waals surface area contributed by atoms with Crippen molar-refractivity contribution in [1.82, 2.24) is 35.1 Å². The molecule has 1 saturated heterocycles. The molecule has 1 aliphatic carbocycles. The molecule has 9 nitrogen and oxygen atoms in total. The van der Waals surface area contributed by atoms with Crippen LogP contribution in [0.5, 0.6) is 11.8 Å². The van der Waals surface area contributed by atoms with Crippen molar-refractivity contribution in [3.8, 4) is 23.1 Å². The van der Waals surface area contributed by atoms with Crippen molar-refractivity contribution in [2.45, 2.75) is 70.5 Å². The molecular formula is C31H38N8O. The Morgan fingerprint density at radius 2 is 1.73 bits per heavy atom. The molecule has 2 aromatic heterocycles. The fourth-order valence-corrected chi connectivity index (χ4v) is 6.32. The molecule has 2 aliphatic rings. The third-order valence-corrected chi connectivity index (χ3v) is 8.91. The molecule has 40 heavy (non-hydrogen) atoms. The molecule has 0 bridgehead atoms. The summed E-state index contributed by atoms with van der Waals surface area (Å²) in [6, 6.07) is 19.3. The number of ether oxygens (including phenoxy) is 1. The van der Waals surface area contributed by atoms with E-state index in [1.165, 1.54) is 32.1 Å². The Labute approximate surface area is 236 Å². The average Bonchev–Trinajstić information content (AvgIpc) is 3.34. The van der Waals surface area contributed by atoms with E-state index in [0.717, 1.165) is 54.7 Å². The third kappa shape index (κ3) is 5.30. The van der Waals surface area contributed by atoms with Crippen molar-refractivity contribution in [2.24, 2.45) is 0 Å². The predicted octanol–water partition coefficient (Wildman–Crippen LogP) is 5.59. The first-order valence-electron chi connectivity index (χ1n) is 14.6. The van der Waals surface area contributed by atoms with Crippen LogP contribution in [0.4, 0.5) is 5.69 Å². The Hall–Kier alpha value is -3.85. The molecule has 0 N–H and O–H groups in total. The highest BCUT2D eigenvalue weighted by Crippen LogP contribution is 2.40. The van der Waals surface area contributed by atoms with Gasteiger partial charge in [-0.1, -0.05) is 50.6 Å². The summed E-state index contributed by atoms with van der Waals surface area (Å²) in [6.07, 6.45) is 10.9. The highest BCUT2D eigenvalue weighted by atomic mass is 16.5. The second-order valence-corrected chi connectivity index (χ2v) is 10.9. The molecule has 0 radical (unpaired) electrons. The van der Waals surface area contributed by atoms with Crippen LogP contribution in [0.3, 0.4) is 0 Å². The minimum Gasteiger partial charge on any atom is -0.424 e. The minimum atomic E-state index is 0.253. The van der Waals surface area contributed by atoms with Crippen LogP contribution in [-0.4, -0.2) is 66.3 Å². The summed E-state index contributed by atoms with van der Waals surface area (Å²) in [4.78, 5) is 13.9. The van der Waals surface area contributed by atoms with Crippen LogP contribution in [0.2, 0.25) is 0 Å². The normalized spacial score (nSPS) is 17.8. The lowest BCUT2D eigenvalue weighted by Crippen LogP contribution is -2.55. The SMILES string of the molecule is CCC1(CC)CCN(c2ccc(Oc3ncccn3)cc2-c2nnnn2Cc2ccccc2)CCN1C1CCC1. The molecule has 9 heteroatoms. The second-order valence-electron chi connectivity index (χ2n) is 10.9. The number of hydrogen-bond acceptors (Lipinski definition) is 8. The van der Waals surface area contributed by atoms with Crippen molar-refractivity contribution in [3.63, 3.8) is 0 Å². The smallest absolute Gasteiger partial charge is 0.321 e. The van der Waals surface area contributed by atoms with Gasteiger partial charge < -0.3 is 9.64 Å². The van der Waals surface area contributed by atoms with Crippen LogP contribution < -0.4 is 9.64 Å². The highest BCUT2D eigenvalue weighted by molar-refractivity contribution is 5.76. The number of benzene rings is 2. The Bertz CT molecular complexity index is 1380. The van der Waals surface area contributed by atoms with Crippen LogP contribution in [0.15, 0.2) is 67.0 Å². The maximum absolute atomic E-state index is 6.05. The maximum atomic E-state index is 6.05. The van der Waals surface area contributed by atoms with Crippen molar-refractivity contribution in [3.05, 3.63) is 72.6 Å². The van der Waals surface area contributed by atoms with Crippen molar-refractivity contribution < 1.29 is 4.74 Å². The van der Waals surface area contributed by atoms with E-state index in [9.17, 15) is 0 Å². The zero-order chi connectivity index (χ0) is 27.4. The van der Waals surface area contributed by atoms with Crippen LogP contribution in [0.25, 0.3) is 11.4 Å². The summed E-state index contributed by atoms with van der Waals surface area (Å²) in [5.41, 5.74) is 3.47. The molecule has 208 valence electrons. The highest BCUT2D eigenvalue weighted by Gasteiger charge is 2.41. The summed E-state index contributed by atoms with van der Waals surface area (Å²) in [7, 11) is 0. The number of hydrogen-bond donors (Lipinski definition) is 0. The van der Waals surface area contributed by atoms with Gasteiger partial charge in [-0.2, -0.15) is 0 Å². The van der Waals surface area contributed by atoms with Gasteiger partial charge in [0.05, 0.1) is 6.54 Å². The quantitative estimate of drug-likeness (QED) is 0.273. The molecular weight excluding hydrogens is 500 g/mol. The van der Waals surface area contributed by atoms with E-state index < -0.39 is 0 Å². The van der Waals surface area contributed by atoms with E-state index >= 15 is 0 Å². The lowest BCUT2D eigenvalue weighted by atomic mass is 9.81. The van der Waals surface area contributed by atoms with E-state index in [0.29, 0.717) is 18.3 Å². The van der Waals surface area contributed by atoms with Crippen molar-refractivity contribution in [2.75, 3.05) is 24.5 Å². The van der Waals surface area contributed by atoms with Crippen LogP contribution >= 0.6 is 0 Å². The molecule has 0 atom stereocenters. The molecule has 2 fully saturated rings. The summed E-state index contributed by atoms with van der Waals surface area (Å²) in [5, 5.41) is 13.0. The van der Waals surface area contributed by atoms with Gasteiger partial charge in [0.25, 0.3) is 0 Å². The van der Waals surface area contributed by atoms with Crippen LogP contribution in [0, 0.1) is 0 Å². The first-order valence-corrected chi connectivity index (χ1v) is 14.6. The number of anilines is 1. The average molecular weight is 539 g/mol. The molecule has 4 aromatic rings. The maximum Gasteiger partial charge on any atom is 0.321 e. The molecule has 6 rings (SSSR count). The fraction of sp³-hybridized carbons (Fsp3) is 0.452. The molecule has 2 aromatic carbocycles. The predicted molar refractivity (Wildman–Crippen MR) is 155 cm³/mol. The van der Waals surface area contributed by atoms with E-state index in [2.05, 4.69) is 67.3 Å². The first kappa shape index (κ1) is 26.4. The van der Waals surface area contributed by atoms with E-state index in [-0.39, 0.29) is 5.54 Å². The standard InChI is InChI=1S/C31H38N8O/c1-3-31(4-2)16-19-37(20-21-38(31)25-12-8-13-25)28-15-14-26(40-30-32-17-9-18-33-30)22-27(28)29-34-35-36-39(29)23-24-10-6-5-7-11-24/h5-7,9-11,14-15,17-18,22,25H,3-4,8,12-13,16,19-21,23H2,1-2H3. The van der Waals surface area contributed by atoms with Gasteiger partial charge in [0.1, 0.15) is 5.75 Å². The third-order valence-electron chi connectivity index (χ3n) is 8.91. The summed E-state index contributed by atoms with van der Waals surface area (Å²) < 4.78 is 7.93. The Balaban J connectivity index is 1.36. The topological polar surface area (TPSA) is 85.1 Å². The number of aromatic nitrogens is 6. The van der Waals surface area contributed by atoms with Crippen LogP contribution in [0.1, 0.15) is 57.9 Å². The molecule has 0 spiro atoms. The zero-order valence-corrected chi connectivity index (χ0v) is 23.5. The summed E-state index contributed by atoms with van der Waals surface area (Å²) in [6.45, 7) is 8.34. The van der Waals surface area contributed by atoms with E-state index in [1.807, 2.05) is 35.0 Å². The van der Waals surface area contributed by atoms with Gasteiger partial charge >= 0.3 is 6.01 Å². The lowest BCUT2D eigenvalue weighted by molar-refractivity contribution is 0.00685. The number of nitrogens with zero attached hydrogens (tertiary/aromatic N) is 8. The van der Waals surface area contributed by atoms with Crippen molar-refractivity contribution >= 4 is 5.69 Å².